The van der Waals surface area contributed by atoms with Crippen molar-refractivity contribution >= 4 is 6.03 Å². The molecule has 1 saturated heterocycles. The van der Waals surface area contributed by atoms with Gasteiger partial charge in [-0.3, -0.25) is 4.98 Å². The first-order valence-corrected chi connectivity index (χ1v) is 7.85. The van der Waals surface area contributed by atoms with E-state index in [9.17, 15) is 4.79 Å². The summed E-state index contributed by atoms with van der Waals surface area (Å²) in [4.78, 5) is 16.4. The Bertz CT molecular complexity index is 518. The van der Waals surface area contributed by atoms with E-state index in [-0.39, 0.29) is 18.2 Å². The minimum Gasteiger partial charge on any atom is -0.376 e. The normalized spacial score (nSPS) is 24.4. The maximum Gasteiger partial charge on any atom is 0.315 e. The van der Waals surface area contributed by atoms with Crippen molar-refractivity contribution in [3.8, 4) is 0 Å². The molecule has 114 valence electrons. The molecule has 1 aliphatic heterocycles. The first-order valence-electron chi connectivity index (χ1n) is 7.85. The highest BCUT2D eigenvalue weighted by atomic mass is 16.5. The van der Waals surface area contributed by atoms with Gasteiger partial charge in [0.05, 0.1) is 24.4 Å². The number of rotatable bonds is 3. The van der Waals surface area contributed by atoms with Crippen LogP contribution in [0.5, 0.6) is 0 Å². The lowest BCUT2D eigenvalue weighted by Crippen LogP contribution is -2.44. The van der Waals surface area contributed by atoms with Crippen LogP contribution < -0.4 is 10.6 Å². The van der Waals surface area contributed by atoms with Gasteiger partial charge >= 0.3 is 6.03 Å². The van der Waals surface area contributed by atoms with Gasteiger partial charge in [0, 0.05) is 12.8 Å². The molecule has 0 bridgehead atoms. The van der Waals surface area contributed by atoms with Crippen molar-refractivity contribution in [2.45, 2.75) is 57.7 Å². The summed E-state index contributed by atoms with van der Waals surface area (Å²) in [6.45, 7) is 3.21. The molecule has 2 heterocycles. The lowest BCUT2D eigenvalue weighted by Gasteiger charge is -2.20. The number of urea groups is 1. The number of carbonyl (C=O) groups excluding carboxylic acids is 1. The largest absolute Gasteiger partial charge is 0.376 e. The number of pyridine rings is 1. The van der Waals surface area contributed by atoms with E-state index in [0.717, 1.165) is 31.6 Å². The van der Waals surface area contributed by atoms with Gasteiger partial charge in [-0.25, -0.2) is 4.79 Å². The molecule has 3 rings (SSSR count). The molecule has 0 radical (unpaired) electrons. The van der Waals surface area contributed by atoms with E-state index in [0.29, 0.717) is 6.54 Å². The van der Waals surface area contributed by atoms with Crippen LogP contribution in [-0.2, 0) is 24.1 Å². The highest BCUT2D eigenvalue weighted by Gasteiger charge is 2.25. The molecule has 1 aliphatic carbocycles. The number of hydrogen-bond donors (Lipinski definition) is 2. The summed E-state index contributed by atoms with van der Waals surface area (Å²) >= 11 is 0. The second kappa shape index (κ2) is 6.43. The Balaban J connectivity index is 1.56. The van der Waals surface area contributed by atoms with E-state index >= 15 is 0 Å². The Kier molecular flexibility index (Phi) is 4.39. The van der Waals surface area contributed by atoms with Crippen molar-refractivity contribution < 1.29 is 9.53 Å². The summed E-state index contributed by atoms with van der Waals surface area (Å²) in [5.74, 6) is 0. The third-order valence-corrected chi connectivity index (χ3v) is 4.47. The number of hydrogen-bond acceptors (Lipinski definition) is 3. The molecule has 2 N–H and O–H groups in total. The zero-order valence-corrected chi connectivity index (χ0v) is 12.5. The number of carbonyl (C=O) groups is 1. The molecule has 1 aromatic rings. The van der Waals surface area contributed by atoms with Gasteiger partial charge in [0.15, 0.2) is 0 Å². The number of nitrogens with one attached hydrogen (secondary N) is 2. The van der Waals surface area contributed by atoms with Crippen LogP contribution in [0.25, 0.3) is 0 Å². The third kappa shape index (κ3) is 3.35. The first-order chi connectivity index (χ1) is 10.2. The lowest BCUT2D eigenvalue weighted by molar-refractivity contribution is 0.114. The van der Waals surface area contributed by atoms with Gasteiger partial charge in [0.2, 0.25) is 0 Å². The minimum absolute atomic E-state index is 0.0957. The molecule has 2 amide bonds. The second-order valence-electron chi connectivity index (χ2n) is 5.90. The number of fused-ring (bicyclic) bond motifs is 1. The van der Waals surface area contributed by atoms with E-state index in [4.69, 9.17) is 4.74 Å². The van der Waals surface area contributed by atoms with Gasteiger partial charge in [-0.2, -0.15) is 0 Å². The molecular formula is C16H23N3O2. The number of ether oxygens (including phenoxy) is 1. The van der Waals surface area contributed by atoms with Gasteiger partial charge in [-0.15, -0.1) is 0 Å². The molecule has 21 heavy (non-hydrogen) atoms. The van der Waals surface area contributed by atoms with Crippen LogP contribution in [0.1, 0.15) is 43.0 Å². The molecule has 5 heteroatoms. The van der Waals surface area contributed by atoms with Crippen molar-refractivity contribution in [3.05, 3.63) is 29.1 Å². The number of nitrogens with zero attached hydrogens (tertiary/aromatic N) is 1. The molecule has 5 nitrogen and oxygen atoms in total. The van der Waals surface area contributed by atoms with E-state index in [1.807, 2.05) is 13.1 Å². The second-order valence-corrected chi connectivity index (χ2v) is 5.90. The van der Waals surface area contributed by atoms with Gasteiger partial charge < -0.3 is 15.4 Å². The molecular weight excluding hydrogens is 266 g/mol. The SMILES string of the molecule is CC1OCCC1NC(=O)NCc1nccc2c1CCCC2. The number of aryl methyl sites for hydroxylation is 1. The predicted octanol–water partition coefficient (Wildman–Crippen LogP) is 1.94. The Morgan fingerprint density at radius 3 is 3.10 bits per heavy atom. The lowest BCUT2D eigenvalue weighted by atomic mass is 9.91. The third-order valence-electron chi connectivity index (χ3n) is 4.47. The average Bonchev–Trinajstić information content (AvgIpc) is 2.90. The number of aromatic nitrogens is 1. The summed E-state index contributed by atoms with van der Waals surface area (Å²) in [5, 5.41) is 5.90. The van der Waals surface area contributed by atoms with E-state index < -0.39 is 0 Å². The van der Waals surface area contributed by atoms with Crippen LogP contribution in [0.4, 0.5) is 4.79 Å². The Hall–Kier alpha value is -1.62. The average molecular weight is 289 g/mol. The quantitative estimate of drug-likeness (QED) is 0.894. The maximum absolute atomic E-state index is 12.0. The van der Waals surface area contributed by atoms with Crippen LogP contribution in [0, 0.1) is 0 Å². The summed E-state index contributed by atoms with van der Waals surface area (Å²) in [5.41, 5.74) is 3.74. The van der Waals surface area contributed by atoms with E-state index in [2.05, 4.69) is 21.7 Å². The van der Waals surface area contributed by atoms with Crippen molar-refractivity contribution in [2.24, 2.45) is 0 Å². The maximum atomic E-state index is 12.0. The predicted molar refractivity (Wildman–Crippen MR) is 80.1 cm³/mol. The zero-order chi connectivity index (χ0) is 14.7. The highest BCUT2D eigenvalue weighted by Crippen LogP contribution is 2.22. The summed E-state index contributed by atoms with van der Waals surface area (Å²) < 4.78 is 5.45. The van der Waals surface area contributed by atoms with Gasteiger partial charge in [0.1, 0.15) is 0 Å². The Morgan fingerprint density at radius 2 is 2.29 bits per heavy atom. The molecule has 0 saturated carbocycles. The molecule has 1 fully saturated rings. The number of amides is 2. The van der Waals surface area contributed by atoms with Crippen LogP contribution in [-0.4, -0.2) is 29.8 Å². The minimum atomic E-state index is -0.132. The van der Waals surface area contributed by atoms with Crippen LogP contribution in [0.3, 0.4) is 0 Å². The Morgan fingerprint density at radius 1 is 1.43 bits per heavy atom. The van der Waals surface area contributed by atoms with Gasteiger partial charge in [-0.1, -0.05) is 0 Å². The summed E-state index contributed by atoms with van der Waals surface area (Å²) in [7, 11) is 0. The topological polar surface area (TPSA) is 63.2 Å². The molecule has 2 aliphatic rings. The molecule has 2 unspecified atom stereocenters. The monoisotopic (exact) mass is 289 g/mol. The fourth-order valence-corrected chi connectivity index (χ4v) is 3.19. The van der Waals surface area contributed by atoms with Crippen molar-refractivity contribution in [3.63, 3.8) is 0 Å². The highest BCUT2D eigenvalue weighted by molar-refractivity contribution is 5.74. The standard InChI is InChI=1S/C16H23N3O2/c1-11-14(7-9-21-11)19-16(20)18-10-15-13-5-3-2-4-12(13)6-8-17-15/h6,8,11,14H,2-5,7,9-10H2,1H3,(H2,18,19,20). The Labute approximate surface area is 125 Å². The van der Waals surface area contributed by atoms with E-state index in [1.165, 1.54) is 24.0 Å². The molecule has 0 aromatic carbocycles. The molecule has 0 spiro atoms. The summed E-state index contributed by atoms with van der Waals surface area (Å²) in [6.07, 6.45) is 7.51. The first kappa shape index (κ1) is 14.3. The van der Waals surface area contributed by atoms with E-state index in [1.54, 1.807) is 0 Å². The molecule has 2 atom stereocenters. The van der Waals surface area contributed by atoms with Crippen molar-refractivity contribution in [1.82, 2.24) is 15.6 Å². The van der Waals surface area contributed by atoms with Crippen LogP contribution in [0.2, 0.25) is 0 Å². The van der Waals surface area contributed by atoms with Gasteiger partial charge in [0.25, 0.3) is 0 Å². The summed E-state index contributed by atoms with van der Waals surface area (Å²) in [6, 6.07) is 2.09. The van der Waals surface area contributed by atoms with Crippen LogP contribution >= 0.6 is 0 Å². The molecule has 1 aromatic heterocycles. The van der Waals surface area contributed by atoms with Crippen molar-refractivity contribution in [2.75, 3.05) is 6.61 Å². The fraction of sp³-hybridized carbons (Fsp3) is 0.625. The van der Waals surface area contributed by atoms with Crippen LogP contribution in [0.15, 0.2) is 12.3 Å². The van der Waals surface area contributed by atoms with Crippen molar-refractivity contribution in [1.29, 1.82) is 0 Å². The smallest absolute Gasteiger partial charge is 0.315 e. The zero-order valence-electron chi connectivity index (χ0n) is 12.5. The fourth-order valence-electron chi connectivity index (χ4n) is 3.19. The van der Waals surface area contributed by atoms with Gasteiger partial charge in [-0.05, 0) is 56.2 Å².